The van der Waals surface area contributed by atoms with Gasteiger partial charge in [-0.2, -0.15) is 0 Å². The first kappa shape index (κ1) is 18.0. The number of carboxylic acid groups (broad SMARTS) is 1. The molecule has 0 fully saturated rings. The van der Waals surface area contributed by atoms with E-state index in [0.717, 1.165) is 5.56 Å². The Hall–Kier alpha value is -2.34. The molecule has 24 heavy (non-hydrogen) atoms. The number of carbonyl (C=O) groups is 2. The zero-order valence-corrected chi connectivity index (χ0v) is 14.3. The topological polar surface area (TPSA) is 92.4 Å². The minimum atomic E-state index is -0.888. The molecule has 7 heteroatoms. The average Bonchev–Trinajstić information content (AvgIpc) is 2.94. The van der Waals surface area contributed by atoms with Gasteiger partial charge in [0.1, 0.15) is 6.26 Å². The van der Waals surface area contributed by atoms with Crippen molar-refractivity contribution in [1.29, 1.82) is 0 Å². The summed E-state index contributed by atoms with van der Waals surface area (Å²) in [6.07, 6.45) is 1.85. The van der Waals surface area contributed by atoms with Gasteiger partial charge in [0.15, 0.2) is 0 Å². The van der Waals surface area contributed by atoms with Crippen LogP contribution in [0, 0.1) is 0 Å². The molecule has 0 radical (unpaired) electrons. The lowest BCUT2D eigenvalue weighted by Crippen LogP contribution is -2.44. The van der Waals surface area contributed by atoms with E-state index in [9.17, 15) is 9.59 Å². The molecule has 2 aromatic rings. The summed E-state index contributed by atoms with van der Waals surface area (Å²) in [7, 11) is 0. The van der Waals surface area contributed by atoms with Gasteiger partial charge < -0.3 is 14.8 Å². The van der Waals surface area contributed by atoms with E-state index in [4.69, 9.17) is 21.1 Å². The first-order valence-electron chi connectivity index (χ1n) is 7.48. The normalized spacial score (nSPS) is 11.3. The fourth-order valence-corrected chi connectivity index (χ4v) is 2.31. The van der Waals surface area contributed by atoms with Crippen LogP contribution in [0.2, 0.25) is 5.02 Å². The molecule has 0 spiro atoms. The van der Waals surface area contributed by atoms with Crippen LogP contribution in [0.4, 0.5) is 0 Å². The molecule has 0 saturated heterocycles. The molecule has 0 unspecified atom stereocenters. The van der Waals surface area contributed by atoms with Crippen LogP contribution in [-0.2, 0) is 16.0 Å². The maximum absolute atomic E-state index is 12.1. The van der Waals surface area contributed by atoms with Crippen molar-refractivity contribution >= 4 is 23.5 Å². The van der Waals surface area contributed by atoms with E-state index < -0.39 is 11.5 Å². The molecular weight excluding hydrogens is 332 g/mol. The molecule has 1 amide bonds. The monoisotopic (exact) mass is 350 g/mol. The van der Waals surface area contributed by atoms with Gasteiger partial charge in [-0.1, -0.05) is 11.6 Å². The molecule has 2 N–H and O–H groups in total. The summed E-state index contributed by atoms with van der Waals surface area (Å²) in [6.45, 7) is 3.57. The highest BCUT2D eigenvalue weighted by Crippen LogP contribution is 2.21. The van der Waals surface area contributed by atoms with Gasteiger partial charge in [-0.25, -0.2) is 4.98 Å². The Bertz CT molecular complexity index is 722. The number of halogens is 1. The van der Waals surface area contributed by atoms with Gasteiger partial charge in [0.2, 0.25) is 11.8 Å². The summed E-state index contributed by atoms with van der Waals surface area (Å²) in [5.74, 6) is -0.706. The molecule has 0 atom stereocenters. The summed E-state index contributed by atoms with van der Waals surface area (Å²) in [4.78, 5) is 27.0. The Labute approximate surface area is 144 Å². The Morgan fingerprint density at radius 2 is 1.96 bits per heavy atom. The van der Waals surface area contributed by atoms with Crippen molar-refractivity contribution in [2.75, 3.05) is 0 Å². The molecule has 0 aliphatic carbocycles. The SMILES string of the molecule is CC(C)(CCC(=O)O)NC(=O)Cc1coc(-c2ccc(Cl)cc2)n1. The highest BCUT2D eigenvalue weighted by Gasteiger charge is 2.22. The van der Waals surface area contributed by atoms with Crippen molar-refractivity contribution < 1.29 is 19.1 Å². The van der Waals surface area contributed by atoms with E-state index in [0.29, 0.717) is 23.0 Å². The molecule has 0 saturated carbocycles. The van der Waals surface area contributed by atoms with Gasteiger partial charge in [-0.05, 0) is 44.5 Å². The predicted octanol–water partition coefficient (Wildman–Crippen LogP) is 3.30. The Kier molecular flexibility index (Phi) is 5.62. The van der Waals surface area contributed by atoms with Gasteiger partial charge in [-0.3, -0.25) is 9.59 Å². The maximum Gasteiger partial charge on any atom is 0.303 e. The number of benzene rings is 1. The van der Waals surface area contributed by atoms with E-state index in [1.54, 1.807) is 38.1 Å². The maximum atomic E-state index is 12.1. The number of carboxylic acids is 1. The molecule has 0 aliphatic rings. The highest BCUT2D eigenvalue weighted by molar-refractivity contribution is 6.30. The quantitative estimate of drug-likeness (QED) is 0.799. The van der Waals surface area contributed by atoms with Crippen molar-refractivity contribution in [3.05, 3.63) is 41.2 Å². The van der Waals surface area contributed by atoms with Crippen LogP contribution in [0.3, 0.4) is 0 Å². The van der Waals surface area contributed by atoms with Crippen LogP contribution in [-0.4, -0.2) is 27.5 Å². The lowest BCUT2D eigenvalue weighted by Gasteiger charge is -2.25. The van der Waals surface area contributed by atoms with Crippen molar-refractivity contribution in [2.24, 2.45) is 0 Å². The fraction of sp³-hybridized carbons (Fsp3) is 0.353. The number of nitrogens with zero attached hydrogens (tertiary/aromatic N) is 1. The smallest absolute Gasteiger partial charge is 0.303 e. The summed E-state index contributed by atoms with van der Waals surface area (Å²) < 4.78 is 5.39. The lowest BCUT2D eigenvalue weighted by atomic mass is 9.98. The van der Waals surface area contributed by atoms with Crippen molar-refractivity contribution in [3.8, 4) is 11.5 Å². The summed E-state index contributed by atoms with van der Waals surface area (Å²) >= 11 is 5.84. The minimum absolute atomic E-state index is 0.00203. The molecule has 0 bridgehead atoms. The summed E-state index contributed by atoms with van der Waals surface area (Å²) in [5.41, 5.74) is 0.678. The van der Waals surface area contributed by atoms with Gasteiger partial charge in [0.05, 0.1) is 12.1 Å². The van der Waals surface area contributed by atoms with E-state index in [2.05, 4.69) is 10.3 Å². The third kappa shape index (κ3) is 5.38. The van der Waals surface area contributed by atoms with Gasteiger partial charge in [0, 0.05) is 22.5 Å². The van der Waals surface area contributed by atoms with Crippen LogP contribution >= 0.6 is 11.6 Å². The second-order valence-corrected chi connectivity index (χ2v) is 6.59. The standard InChI is InChI=1S/C17H19ClN2O4/c1-17(2,8-7-15(22)23)20-14(21)9-13-10-24-16(19-13)11-3-5-12(18)6-4-11/h3-6,10H,7-9H2,1-2H3,(H,20,21)(H,22,23). The Morgan fingerprint density at radius 1 is 1.29 bits per heavy atom. The van der Waals surface area contributed by atoms with E-state index in [1.807, 2.05) is 0 Å². The number of nitrogens with one attached hydrogen (secondary N) is 1. The van der Waals surface area contributed by atoms with Crippen LogP contribution in [0.5, 0.6) is 0 Å². The number of aromatic nitrogens is 1. The number of oxazole rings is 1. The molecule has 1 aromatic heterocycles. The summed E-state index contributed by atoms with van der Waals surface area (Å²) in [5, 5.41) is 12.2. The highest BCUT2D eigenvalue weighted by atomic mass is 35.5. The van der Waals surface area contributed by atoms with Crippen LogP contribution < -0.4 is 5.32 Å². The number of hydrogen-bond acceptors (Lipinski definition) is 4. The first-order chi connectivity index (χ1) is 11.2. The number of amides is 1. The molecule has 0 aliphatic heterocycles. The van der Waals surface area contributed by atoms with Crippen molar-refractivity contribution in [3.63, 3.8) is 0 Å². The Morgan fingerprint density at radius 3 is 2.58 bits per heavy atom. The lowest BCUT2D eigenvalue weighted by molar-refractivity contribution is -0.137. The molecule has 128 valence electrons. The number of hydrogen-bond donors (Lipinski definition) is 2. The van der Waals surface area contributed by atoms with Crippen molar-refractivity contribution in [2.45, 2.75) is 38.6 Å². The minimum Gasteiger partial charge on any atom is -0.481 e. The second-order valence-electron chi connectivity index (χ2n) is 6.15. The number of rotatable bonds is 7. The molecule has 1 aromatic carbocycles. The van der Waals surface area contributed by atoms with Crippen LogP contribution in [0.25, 0.3) is 11.5 Å². The molecule has 6 nitrogen and oxygen atoms in total. The predicted molar refractivity (Wildman–Crippen MR) is 89.7 cm³/mol. The van der Waals surface area contributed by atoms with Crippen LogP contribution in [0.1, 0.15) is 32.4 Å². The zero-order chi connectivity index (χ0) is 17.7. The summed E-state index contributed by atoms with van der Waals surface area (Å²) in [6, 6.07) is 7.04. The number of aliphatic carboxylic acids is 1. The average molecular weight is 351 g/mol. The van der Waals surface area contributed by atoms with E-state index in [1.165, 1.54) is 6.26 Å². The molecule has 2 rings (SSSR count). The van der Waals surface area contributed by atoms with Gasteiger partial charge in [0.25, 0.3) is 0 Å². The van der Waals surface area contributed by atoms with E-state index in [-0.39, 0.29) is 18.7 Å². The van der Waals surface area contributed by atoms with Crippen molar-refractivity contribution in [1.82, 2.24) is 10.3 Å². The van der Waals surface area contributed by atoms with Crippen LogP contribution in [0.15, 0.2) is 34.9 Å². The fourth-order valence-electron chi connectivity index (χ4n) is 2.18. The Balaban J connectivity index is 1.95. The van der Waals surface area contributed by atoms with Gasteiger partial charge in [-0.15, -0.1) is 0 Å². The zero-order valence-electron chi connectivity index (χ0n) is 13.5. The van der Waals surface area contributed by atoms with Gasteiger partial charge >= 0.3 is 5.97 Å². The molecular formula is C17H19ClN2O4. The molecule has 1 heterocycles. The largest absolute Gasteiger partial charge is 0.481 e. The first-order valence-corrected chi connectivity index (χ1v) is 7.86. The van der Waals surface area contributed by atoms with E-state index >= 15 is 0 Å². The second kappa shape index (κ2) is 7.49. The third-order valence-corrected chi connectivity index (χ3v) is 3.68. The number of carbonyl (C=O) groups excluding carboxylic acids is 1. The third-order valence-electron chi connectivity index (χ3n) is 3.43.